The highest BCUT2D eigenvalue weighted by atomic mass is 35.5. The smallest absolute Gasteiger partial charge is 0.243 e. The molecule has 1 amide bonds. The van der Waals surface area contributed by atoms with Crippen molar-refractivity contribution in [2.24, 2.45) is 0 Å². The number of benzene rings is 3. The number of anilines is 1. The highest BCUT2D eigenvalue weighted by molar-refractivity contribution is 7.89. The Morgan fingerprint density at radius 2 is 1.77 bits per heavy atom. The Kier molecular flexibility index (Phi) is 7.66. The van der Waals surface area contributed by atoms with E-state index in [1.54, 1.807) is 65.9 Å². The first kappa shape index (κ1) is 25.1. The molecule has 0 saturated carbocycles. The second kappa shape index (κ2) is 10.7. The molecule has 0 unspecified atom stereocenters. The summed E-state index contributed by atoms with van der Waals surface area (Å²) in [5, 5.41) is 6.22. The van der Waals surface area contributed by atoms with Crippen LogP contribution in [0.3, 0.4) is 0 Å². The largest absolute Gasteiger partial charge is 0.325 e. The van der Waals surface area contributed by atoms with E-state index in [1.165, 1.54) is 0 Å². The lowest BCUT2D eigenvalue weighted by Gasteiger charge is -2.22. The second-order valence-electron chi connectivity index (χ2n) is 8.10. The van der Waals surface area contributed by atoms with E-state index in [1.807, 2.05) is 37.4 Å². The molecule has 3 aromatic carbocycles. The van der Waals surface area contributed by atoms with Crippen LogP contribution in [-0.4, -0.2) is 30.2 Å². The number of thiazole rings is 1. The number of aromatic nitrogens is 1. The van der Waals surface area contributed by atoms with Crippen molar-refractivity contribution >= 4 is 44.6 Å². The predicted octanol–water partition coefficient (Wildman–Crippen LogP) is 5.91. The summed E-state index contributed by atoms with van der Waals surface area (Å²) < 4.78 is 28.1. The third-order valence-corrected chi connectivity index (χ3v) is 8.10. The summed E-state index contributed by atoms with van der Waals surface area (Å²) in [5.74, 6) is -0.450. The van der Waals surface area contributed by atoms with Crippen molar-refractivity contribution in [3.63, 3.8) is 0 Å². The van der Waals surface area contributed by atoms with Gasteiger partial charge in [0.15, 0.2) is 0 Å². The quantitative estimate of drug-likeness (QED) is 0.310. The van der Waals surface area contributed by atoms with E-state index in [4.69, 9.17) is 11.6 Å². The zero-order valence-electron chi connectivity index (χ0n) is 19.2. The van der Waals surface area contributed by atoms with Gasteiger partial charge in [-0.2, -0.15) is 4.31 Å². The molecule has 0 aliphatic carbocycles. The molecule has 1 heterocycles. The number of nitrogens with one attached hydrogen (secondary N) is 1. The Morgan fingerprint density at radius 1 is 1.03 bits per heavy atom. The summed E-state index contributed by atoms with van der Waals surface area (Å²) in [6, 6.07) is 20.8. The van der Waals surface area contributed by atoms with E-state index in [2.05, 4.69) is 10.3 Å². The number of nitrogens with zero attached hydrogens (tertiary/aromatic N) is 2. The Balaban J connectivity index is 1.58. The molecule has 4 rings (SSSR count). The first-order valence-corrected chi connectivity index (χ1v) is 13.5. The van der Waals surface area contributed by atoms with Crippen molar-refractivity contribution in [3.05, 3.63) is 99.3 Å². The number of sulfonamides is 1. The number of halogens is 1. The van der Waals surface area contributed by atoms with Gasteiger partial charge in [-0.25, -0.2) is 13.4 Å². The third-order valence-electron chi connectivity index (χ3n) is 5.29. The van der Waals surface area contributed by atoms with Crippen LogP contribution >= 0.6 is 22.9 Å². The van der Waals surface area contributed by atoms with Crippen LogP contribution in [0.5, 0.6) is 0 Å². The summed E-state index contributed by atoms with van der Waals surface area (Å²) in [5.41, 5.74) is 3.89. The SMILES string of the molecule is Cc1ccc(S(=O)(=O)N(CC(=O)Nc2cccc(-c3csc(C)n3)c2)Cc2cccc(Cl)c2)cc1. The molecule has 4 aromatic rings. The fraction of sp³-hybridized carbons (Fsp3) is 0.154. The van der Waals surface area contributed by atoms with Gasteiger partial charge in [0, 0.05) is 28.2 Å². The van der Waals surface area contributed by atoms with Crippen LogP contribution in [0.4, 0.5) is 5.69 Å². The van der Waals surface area contributed by atoms with Crippen molar-refractivity contribution in [2.45, 2.75) is 25.3 Å². The number of carbonyl (C=O) groups is 1. The van der Waals surface area contributed by atoms with Crippen LogP contribution in [-0.2, 0) is 21.4 Å². The number of aryl methyl sites for hydroxylation is 2. The number of carbonyl (C=O) groups excluding carboxylic acids is 1. The molecule has 0 aliphatic rings. The Morgan fingerprint density at radius 3 is 2.46 bits per heavy atom. The minimum atomic E-state index is -3.94. The highest BCUT2D eigenvalue weighted by Crippen LogP contribution is 2.25. The average Bonchev–Trinajstić information content (AvgIpc) is 3.25. The highest BCUT2D eigenvalue weighted by Gasteiger charge is 2.27. The fourth-order valence-corrected chi connectivity index (χ4v) is 5.76. The monoisotopic (exact) mass is 525 g/mol. The summed E-state index contributed by atoms with van der Waals surface area (Å²) in [6.07, 6.45) is 0. The van der Waals surface area contributed by atoms with Gasteiger partial charge in [-0.3, -0.25) is 4.79 Å². The lowest BCUT2D eigenvalue weighted by molar-refractivity contribution is -0.116. The lowest BCUT2D eigenvalue weighted by atomic mass is 10.1. The zero-order valence-corrected chi connectivity index (χ0v) is 21.6. The molecule has 6 nitrogen and oxygen atoms in total. The molecule has 0 radical (unpaired) electrons. The molecular weight excluding hydrogens is 502 g/mol. The van der Waals surface area contributed by atoms with Gasteiger partial charge in [0.25, 0.3) is 0 Å². The van der Waals surface area contributed by atoms with Crippen molar-refractivity contribution < 1.29 is 13.2 Å². The van der Waals surface area contributed by atoms with Gasteiger partial charge in [0.2, 0.25) is 15.9 Å². The predicted molar refractivity (Wildman–Crippen MR) is 141 cm³/mol. The van der Waals surface area contributed by atoms with Crippen molar-refractivity contribution in [1.82, 2.24) is 9.29 Å². The Hall–Kier alpha value is -3.04. The van der Waals surface area contributed by atoms with Gasteiger partial charge in [-0.05, 0) is 55.8 Å². The molecular formula is C26H24ClN3O3S2. The number of hydrogen-bond donors (Lipinski definition) is 1. The van der Waals surface area contributed by atoms with E-state index in [-0.39, 0.29) is 18.0 Å². The third kappa shape index (κ3) is 6.35. The minimum Gasteiger partial charge on any atom is -0.325 e. The number of amides is 1. The number of hydrogen-bond acceptors (Lipinski definition) is 5. The van der Waals surface area contributed by atoms with Crippen LogP contribution in [0.25, 0.3) is 11.3 Å². The van der Waals surface area contributed by atoms with E-state index in [0.29, 0.717) is 16.3 Å². The van der Waals surface area contributed by atoms with Crippen molar-refractivity contribution in [3.8, 4) is 11.3 Å². The van der Waals surface area contributed by atoms with Crippen molar-refractivity contribution in [2.75, 3.05) is 11.9 Å². The second-order valence-corrected chi connectivity index (χ2v) is 11.5. The van der Waals surface area contributed by atoms with Gasteiger partial charge in [0.05, 0.1) is 22.1 Å². The van der Waals surface area contributed by atoms with E-state index in [9.17, 15) is 13.2 Å². The Labute approximate surface area is 214 Å². The van der Waals surface area contributed by atoms with Crippen LogP contribution in [0.1, 0.15) is 16.1 Å². The summed E-state index contributed by atoms with van der Waals surface area (Å²) in [7, 11) is -3.94. The average molecular weight is 526 g/mol. The summed E-state index contributed by atoms with van der Waals surface area (Å²) in [4.78, 5) is 17.6. The molecule has 0 bridgehead atoms. The van der Waals surface area contributed by atoms with Crippen molar-refractivity contribution in [1.29, 1.82) is 0 Å². The van der Waals surface area contributed by atoms with Gasteiger partial charge < -0.3 is 5.32 Å². The maximum absolute atomic E-state index is 13.5. The lowest BCUT2D eigenvalue weighted by Crippen LogP contribution is -2.37. The Bertz CT molecular complexity index is 1450. The molecule has 9 heteroatoms. The molecule has 1 N–H and O–H groups in total. The van der Waals surface area contributed by atoms with Crippen LogP contribution < -0.4 is 5.32 Å². The molecule has 0 aliphatic heterocycles. The molecule has 180 valence electrons. The molecule has 0 saturated heterocycles. The van der Waals surface area contributed by atoms with E-state index < -0.39 is 15.9 Å². The molecule has 0 fully saturated rings. The first-order valence-electron chi connectivity index (χ1n) is 10.8. The number of rotatable bonds is 8. The minimum absolute atomic E-state index is 0.00231. The molecule has 0 spiro atoms. The maximum atomic E-state index is 13.5. The molecule has 35 heavy (non-hydrogen) atoms. The standard InChI is InChI=1S/C26H24ClN3O3S2/c1-18-9-11-24(12-10-18)35(32,33)30(15-20-5-3-7-22(27)13-20)16-26(31)29-23-8-4-6-21(14-23)25-17-34-19(2)28-25/h3-14,17H,15-16H2,1-2H3,(H,29,31). The van der Waals surface area contributed by atoms with Gasteiger partial charge in [-0.1, -0.05) is 53.6 Å². The van der Waals surface area contributed by atoms with Gasteiger partial charge >= 0.3 is 0 Å². The maximum Gasteiger partial charge on any atom is 0.243 e. The van der Waals surface area contributed by atoms with Crippen LogP contribution in [0, 0.1) is 13.8 Å². The van der Waals surface area contributed by atoms with Gasteiger partial charge in [0.1, 0.15) is 0 Å². The zero-order chi connectivity index (χ0) is 25.0. The van der Waals surface area contributed by atoms with E-state index >= 15 is 0 Å². The van der Waals surface area contributed by atoms with Gasteiger partial charge in [-0.15, -0.1) is 11.3 Å². The van der Waals surface area contributed by atoms with Crippen LogP contribution in [0.2, 0.25) is 5.02 Å². The summed E-state index contributed by atoms with van der Waals surface area (Å²) >= 11 is 7.65. The van der Waals surface area contributed by atoms with Crippen LogP contribution in [0.15, 0.2) is 83.1 Å². The normalized spacial score (nSPS) is 11.5. The van der Waals surface area contributed by atoms with E-state index in [0.717, 1.165) is 26.1 Å². The molecule has 0 atom stereocenters. The summed E-state index contributed by atoms with van der Waals surface area (Å²) in [6.45, 7) is 3.46. The fourth-order valence-electron chi connectivity index (χ4n) is 3.54. The molecule has 1 aromatic heterocycles. The first-order chi connectivity index (χ1) is 16.7. The topological polar surface area (TPSA) is 79.4 Å².